The van der Waals surface area contributed by atoms with Gasteiger partial charge in [0.1, 0.15) is 23.5 Å². The third kappa shape index (κ3) is 9.10. The van der Waals surface area contributed by atoms with E-state index in [1.165, 1.54) is 0 Å². The quantitative estimate of drug-likeness (QED) is 0.362. The van der Waals surface area contributed by atoms with Crippen LogP contribution in [0.2, 0.25) is 0 Å². The second-order valence-electron chi connectivity index (χ2n) is 11.2. The molecule has 36 heavy (non-hydrogen) atoms. The molecule has 3 fully saturated rings. The fourth-order valence-corrected chi connectivity index (χ4v) is 5.33. The summed E-state index contributed by atoms with van der Waals surface area (Å²) in [6.45, 7) is 24.3. The average Bonchev–Trinajstić information content (AvgIpc) is 3.24. The van der Waals surface area contributed by atoms with Crippen molar-refractivity contribution in [2.75, 3.05) is 13.2 Å². The van der Waals surface area contributed by atoms with Gasteiger partial charge < -0.3 is 38.3 Å². The Kier molecular flexibility index (Phi) is 18.6. The van der Waals surface area contributed by atoms with Gasteiger partial charge in [-0.1, -0.05) is 41.0 Å². The van der Waals surface area contributed by atoms with Gasteiger partial charge >= 0.3 is 0 Å². The summed E-state index contributed by atoms with van der Waals surface area (Å²) in [4.78, 5) is 0. The Morgan fingerprint density at radius 1 is 0.667 bits per heavy atom. The molecule has 8 radical (unpaired) electrons. The maximum Gasteiger partial charge on any atom is 0.109 e. The topological polar surface area (TPSA) is 68.2 Å². The Morgan fingerprint density at radius 3 is 1.19 bits per heavy atom. The number of rotatable bonds is 4. The van der Waals surface area contributed by atoms with Crippen molar-refractivity contribution >= 4 is 23.5 Å². The van der Waals surface area contributed by atoms with Crippen LogP contribution in [0.15, 0.2) is 0 Å². The molecule has 0 saturated carbocycles. The second-order valence-corrected chi connectivity index (χ2v) is 11.2. The summed E-state index contributed by atoms with van der Waals surface area (Å²) >= 11 is 0. The van der Waals surface area contributed by atoms with E-state index in [4.69, 9.17) is 42.9 Å². The van der Waals surface area contributed by atoms with Gasteiger partial charge in [0, 0.05) is 89.0 Å². The molecule has 0 aliphatic carbocycles. The van der Waals surface area contributed by atoms with Gasteiger partial charge in [0.05, 0.1) is 24.4 Å². The van der Waals surface area contributed by atoms with Gasteiger partial charge in [0.25, 0.3) is 0 Å². The molecule has 3 saturated heterocycles. The molecular formula is C26H47B3O5Y2-2. The Labute approximate surface area is 276 Å². The van der Waals surface area contributed by atoms with E-state index in [-0.39, 0.29) is 114 Å². The minimum atomic E-state index is -0.543. The van der Waals surface area contributed by atoms with E-state index < -0.39 is 11.2 Å². The first-order valence-electron chi connectivity index (χ1n) is 12.7. The van der Waals surface area contributed by atoms with Gasteiger partial charge in [0.15, 0.2) is 0 Å². The van der Waals surface area contributed by atoms with Crippen molar-refractivity contribution in [2.24, 2.45) is 35.5 Å². The van der Waals surface area contributed by atoms with Crippen LogP contribution in [0.5, 0.6) is 0 Å². The van der Waals surface area contributed by atoms with Crippen LogP contribution in [-0.4, -0.2) is 81.8 Å². The predicted octanol–water partition coefficient (Wildman–Crippen LogP) is 3.03. The maximum absolute atomic E-state index is 9.18. The Bertz CT molecular complexity index is 604. The molecule has 0 aromatic rings. The molecule has 3 aliphatic heterocycles. The normalized spacial score (nSPS) is 47.5. The number of aliphatic hydroxyl groups is 2. The molecule has 10 heteroatoms. The van der Waals surface area contributed by atoms with Crippen molar-refractivity contribution < 1.29 is 89.8 Å². The minimum Gasteiger partial charge on any atom is -0.393 e. The average molecular weight is 650 g/mol. The van der Waals surface area contributed by atoms with E-state index in [2.05, 4.69) is 48.5 Å². The smallest absolute Gasteiger partial charge is 0.109 e. The van der Waals surface area contributed by atoms with Crippen molar-refractivity contribution in [1.29, 1.82) is 0 Å². The molecule has 0 aromatic heterocycles. The van der Waals surface area contributed by atoms with E-state index >= 15 is 0 Å². The number of ether oxygens (including phenoxy) is 3. The number of hydrogen-bond donors (Lipinski definition) is 2. The fourth-order valence-electron chi connectivity index (χ4n) is 5.33. The molecule has 12 atom stereocenters. The third-order valence-electron chi connectivity index (χ3n) is 8.80. The summed E-state index contributed by atoms with van der Waals surface area (Å²) in [5.41, 5.74) is -1.06. The van der Waals surface area contributed by atoms with Gasteiger partial charge in [-0.25, -0.2) is 0 Å². The molecule has 2 N–H and O–H groups in total. The standard InChI is InChI=1S/C9H17BO2.C9H16BO.C8H14BO2.2Y/c1-4-7-6(2)8(10)12-9(7,3)5-11;1-5-9(4)7(3)6(2)8(10)11-9;1-5-6(2)8(3,4-10)11-7(5)9;;/h6-8,11H,4-5H2,1-3H3;6-8H,3,5H2,1-2,4H3;5-7,10H,2,4H2,1,3H3;;/q;2*-1;;/t2*6?,7-,8-,9-;5?,6-,7-,8-;;/m111../s1. The van der Waals surface area contributed by atoms with Crippen molar-refractivity contribution in [3.05, 3.63) is 13.8 Å². The summed E-state index contributed by atoms with van der Waals surface area (Å²) in [7, 11) is 17.2. The first kappa shape index (κ1) is 40.3. The van der Waals surface area contributed by atoms with Gasteiger partial charge in [-0.2, -0.15) is 0 Å². The van der Waals surface area contributed by atoms with Crippen molar-refractivity contribution in [2.45, 2.75) is 103 Å². The van der Waals surface area contributed by atoms with Crippen LogP contribution in [-0.2, 0) is 79.6 Å². The largest absolute Gasteiger partial charge is 0.393 e. The van der Waals surface area contributed by atoms with Crippen LogP contribution < -0.4 is 0 Å². The van der Waals surface area contributed by atoms with Crippen LogP contribution in [0.25, 0.3) is 0 Å². The monoisotopic (exact) mass is 650 g/mol. The molecule has 0 aromatic carbocycles. The van der Waals surface area contributed by atoms with Crippen molar-refractivity contribution in [3.8, 4) is 0 Å². The van der Waals surface area contributed by atoms with Crippen LogP contribution in [0, 0.1) is 49.4 Å². The first-order chi connectivity index (χ1) is 15.6. The molecule has 3 rings (SSSR count). The number of hydrogen-bond acceptors (Lipinski definition) is 5. The SMILES string of the molecule is [B][C@@H]1O[C@](C)(CC)[C@H]([CH2-])C1C.[B][C@@H]1O[C@](C)(CO)[C@H](CC)C1C.[B][C@@H]1O[C@](C)(CO)[C@H]([CH2-])C1C.[Y].[Y]. The molecule has 3 heterocycles. The Morgan fingerprint density at radius 2 is 1.00 bits per heavy atom. The van der Waals surface area contributed by atoms with E-state index in [9.17, 15) is 5.11 Å². The van der Waals surface area contributed by atoms with Gasteiger partial charge in [-0.15, -0.1) is 11.8 Å². The van der Waals surface area contributed by atoms with Gasteiger partial charge in [0.2, 0.25) is 0 Å². The molecular weight excluding hydrogens is 603 g/mol. The molecule has 198 valence electrons. The molecule has 0 spiro atoms. The summed E-state index contributed by atoms with van der Waals surface area (Å²) in [5, 5.41) is 18.2. The Hall–Kier alpha value is 2.20. The predicted molar refractivity (Wildman–Crippen MR) is 141 cm³/mol. The third-order valence-corrected chi connectivity index (χ3v) is 8.80. The summed E-state index contributed by atoms with van der Waals surface area (Å²) in [6.07, 6.45) is 1.99. The van der Waals surface area contributed by atoms with Crippen LogP contribution in [0.3, 0.4) is 0 Å². The molecule has 0 bridgehead atoms. The second kappa shape index (κ2) is 16.6. The van der Waals surface area contributed by atoms with E-state index in [0.717, 1.165) is 12.8 Å². The summed E-state index contributed by atoms with van der Waals surface area (Å²) in [6, 6.07) is -0.621. The van der Waals surface area contributed by atoms with Crippen molar-refractivity contribution in [3.63, 3.8) is 0 Å². The van der Waals surface area contributed by atoms with Crippen LogP contribution >= 0.6 is 0 Å². The zero-order valence-corrected chi connectivity index (χ0v) is 29.6. The maximum atomic E-state index is 9.18. The molecule has 3 aliphatic rings. The van der Waals surface area contributed by atoms with E-state index in [1.807, 2.05) is 20.8 Å². The minimum absolute atomic E-state index is 0. The van der Waals surface area contributed by atoms with Crippen LogP contribution in [0.1, 0.15) is 68.2 Å². The number of aliphatic hydroxyl groups excluding tert-OH is 2. The molecule has 0 amide bonds. The fraction of sp³-hybridized carbons (Fsp3) is 0.923. The zero-order chi connectivity index (χ0) is 26.6. The summed E-state index contributed by atoms with van der Waals surface area (Å²) in [5.74, 6) is 1.70. The first-order valence-corrected chi connectivity index (χ1v) is 12.7. The van der Waals surface area contributed by atoms with E-state index in [0.29, 0.717) is 23.7 Å². The zero-order valence-electron chi connectivity index (χ0n) is 23.9. The van der Waals surface area contributed by atoms with Gasteiger partial charge in [-0.3, -0.25) is 0 Å². The molecule has 5 nitrogen and oxygen atoms in total. The molecule has 3 unspecified atom stereocenters. The van der Waals surface area contributed by atoms with E-state index in [1.54, 1.807) is 0 Å². The van der Waals surface area contributed by atoms with Crippen molar-refractivity contribution in [1.82, 2.24) is 0 Å². The summed E-state index contributed by atoms with van der Waals surface area (Å²) < 4.78 is 16.6. The van der Waals surface area contributed by atoms with Crippen LogP contribution in [0.4, 0.5) is 0 Å². The van der Waals surface area contributed by atoms with Gasteiger partial charge in [-0.05, 0) is 50.9 Å². The Balaban J connectivity index is 0.